The normalized spacial score (nSPS) is 14.2. The van der Waals surface area contributed by atoms with E-state index in [9.17, 15) is 15.0 Å². The van der Waals surface area contributed by atoms with E-state index in [-0.39, 0.29) is 18.4 Å². The molecular weight excluding hydrogens is 372 g/mol. The third-order valence-corrected chi connectivity index (χ3v) is 4.59. The maximum absolute atomic E-state index is 13.0. The van der Waals surface area contributed by atoms with Gasteiger partial charge in [0.2, 0.25) is 0 Å². The number of phenolic OH excluding ortho intramolecular Hbond substituents is 1. The number of hydrogen-bond acceptors (Lipinski definition) is 6. The monoisotopic (exact) mass is 396 g/mol. The van der Waals surface area contributed by atoms with Crippen LogP contribution in [0.4, 0.5) is 10.6 Å². The predicted octanol–water partition coefficient (Wildman–Crippen LogP) is 3.50. The number of fused-ring (bicyclic) bond motifs is 1. The van der Waals surface area contributed by atoms with Crippen LogP contribution in [0.5, 0.6) is 5.75 Å². The number of ether oxygens (including phenoxy) is 1. The van der Waals surface area contributed by atoms with Crippen molar-refractivity contribution in [2.45, 2.75) is 51.9 Å². The Balaban J connectivity index is 1.89. The van der Waals surface area contributed by atoms with Crippen LogP contribution >= 0.6 is 0 Å². The summed E-state index contributed by atoms with van der Waals surface area (Å²) >= 11 is 0. The van der Waals surface area contributed by atoms with Gasteiger partial charge in [0.25, 0.3) is 0 Å². The molecule has 2 N–H and O–H groups in total. The SMILES string of the molecule is CC(C)(C)OC(=O)N(c1cc(-c2cccc(O)c2)nc2c(CO)cnn12)C1CC1. The Morgan fingerprint density at radius 2 is 2.07 bits per heavy atom. The Kier molecular flexibility index (Phi) is 4.66. The molecule has 1 aliphatic rings. The molecule has 1 aromatic carbocycles. The summed E-state index contributed by atoms with van der Waals surface area (Å²) < 4.78 is 7.19. The molecule has 3 aromatic rings. The van der Waals surface area contributed by atoms with Gasteiger partial charge in [-0.25, -0.2) is 9.78 Å². The molecule has 0 aliphatic heterocycles. The fraction of sp³-hybridized carbons (Fsp3) is 0.381. The molecule has 4 rings (SSSR count). The van der Waals surface area contributed by atoms with E-state index < -0.39 is 11.7 Å². The minimum absolute atomic E-state index is 0.0225. The first-order valence-corrected chi connectivity index (χ1v) is 9.57. The van der Waals surface area contributed by atoms with Gasteiger partial charge in [0.05, 0.1) is 18.5 Å². The summed E-state index contributed by atoms with van der Waals surface area (Å²) in [6.45, 7) is 5.26. The second-order valence-electron chi connectivity index (χ2n) is 8.19. The van der Waals surface area contributed by atoms with Gasteiger partial charge in [-0.15, -0.1) is 0 Å². The van der Waals surface area contributed by atoms with Crippen LogP contribution < -0.4 is 4.90 Å². The number of aliphatic hydroxyl groups is 1. The second kappa shape index (κ2) is 7.04. The van der Waals surface area contributed by atoms with Crippen molar-refractivity contribution in [3.8, 4) is 17.0 Å². The molecule has 1 fully saturated rings. The van der Waals surface area contributed by atoms with Gasteiger partial charge in [0.15, 0.2) is 5.65 Å². The van der Waals surface area contributed by atoms with Gasteiger partial charge in [-0.05, 0) is 45.7 Å². The van der Waals surface area contributed by atoms with E-state index in [1.54, 1.807) is 33.7 Å². The Labute approximate surface area is 168 Å². The van der Waals surface area contributed by atoms with Crippen LogP contribution in [0, 0.1) is 0 Å². The Bertz CT molecular complexity index is 1070. The van der Waals surface area contributed by atoms with Crippen LogP contribution in [-0.4, -0.2) is 42.5 Å². The fourth-order valence-corrected chi connectivity index (χ4v) is 3.16. The number of rotatable bonds is 4. The third kappa shape index (κ3) is 3.88. The van der Waals surface area contributed by atoms with Crippen molar-refractivity contribution >= 4 is 17.6 Å². The molecule has 0 atom stereocenters. The molecule has 2 aromatic heterocycles. The highest BCUT2D eigenvalue weighted by atomic mass is 16.6. The van der Waals surface area contributed by atoms with Crippen LogP contribution in [0.15, 0.2) is 36.5 Å². The number of aromatic nitrogens is 3. The summed E-state index contributed by atoms with van der Waals surface area (Å²) in [7, 11) is 0. The maximum Gasteiger partial charge on any atom is 0.416 e. The molecule has 0 radical (unpaired) electrons. The highest BCUT2D eigenvalue weighted by Gasteiger charge is 2.38. The van der Waals surface area contributed by atoms with Crippen molar-refractivity contribution < 1.29 is 19.7 Å². The average Bonchev–Trinajstić information content (AvgIpc) is 3.38. The molecule has 0 unspecified atom stereocenters. The van der Waals surface area contributed by atoms with E-state index in [1.165, 1.54) is 6.20 Å². The number of amides is 1. The lowest BCUT2D eigenvalue weighted by molar-refractivity contribution is 0.0576. The molecular formula is C21H24N4O4. The number of nitrogens with zero attached hydrogens (tertiary/aromatic N) is 4. The first kappa shape index (κ1) is 19.2. The summed E-state index contributed by atoms with van der Waals surface area (Å²) in [5.74, 6) is 0.637. The number of aromatic hydroxyl groups is 1. The highest BCUT2D eigenvalue weighted by molar-refractivity contribution is 5.89. The van der Waals surface area contributed by atoms with Gasteiger partial charge in [-0.3, -0.25) is 4.90 Å². The van der Waals surface area contributed by atoms with E-state index in [0.29, 0.717) is 28.3 Å². The number of hydrogen-bond donors (Lipinski definition) is 2. The number of phenols is 1. The van der Waals surface area contributed by atoms with Crippen LogP contribution in [-0.2, 0) is 11.3 Å². The highest BCUT2D eigenvalue weighted by Crippen LogP contribution is 2.35. The number of aliphatic hydroxyl groups excluding tert-OH is 1. The van der Waals surface area contributed by atoms with Gasteiger partial charge < -0.3 is 14.9 Å². The Morgan fingerprint density at radius 1 is 1.31 bits per heavy atom. The topological polar surface area (TPSA) is 100 Å². The first-order valence-electron chi connectivity index (χ1n) is 9.57. The van der Waals surface area contributed by atoms with E-state index in [0.717, 1.165) is 12.8 Å². The molecule has 29 heavy (non-hydrogen) atoms. The lowest BCUT2D eigenvalue weighted by Crippen LogP contribution is -2.39. The van der Waals surface area contributed by atoms with Crippen molar-refractivity contribution in [2.75, 3.05) is 4.90 Å². The Hall–Kier alpha value is -3.13. The van der Waals surface area contributed by atoms with Crippen LogP contribution in [0.3, 0.4) is 0 Å². The van der Waals surface area contributed by atoms with Crippen LogP contribution in [0.1, 0.15) is 39.2 Å². The molecule has 1 aliphatic carbocycles. The molecule has 0 saturated heterocycles. The zero-order valence-electron chi connectivity index (χ0n) is 16.7. The van der Waals surface area contributed by atoms with Crippen molar-refractivity contribution in [2.24, 2.45) is 0 Å². The minimum atomic E-state index is -0.634. The summed E-state index contributed by atoms with van der Waals surface area (Å²) in [5.41, 5.74) is 1.63. The van der Waals surface area contributed by atoms with Gasteiger partial charge in [-0.1, -0.05) is 12.1 Å². The Morgan fingerprint density at radius 3 is 2.69 bits per heavy atom. The second-order valence-corrected chi connectivity index (χ2v) is 8.19. The van der Waals surface area contributed by atoms with Crippen molar-refractivity contribution in [1.82, 2.24) is 14.6 Å². The number of carbonyl (C=O) groups is 1. The summed E-state index contributed by atoms with van der Waals surface area (Å²) in [4.78, 5) is 19.3. The van der Waals surface area contributed by atoms with Gasteiger partial charge in [0.1, 0.15) is 17.2 Å². The van der Waals surface area contributed by atoms with Crippen molar-refractivity contribution in [3.05, 3.63) is 42.1 Å². The lowest BCUT2D eigenvalue weighted by Gasteiger charge is -2.27. The lowest BCUT2D eigenvalue weighted by atomic mass is 10.1. The molecule has 8 nitrogen and oxygen atoms in total. The van der Waals surface area contributed by atoms with Gasteiger partial charge >= 0.3 is 6.09 Å². The molecule has 8 heteroatoms. The summed E-state index contributed by atoms with van der Waals surface area (Å²) in [6, 6.07) is 8.52. The van der Waals surface area contributed by atoms with Crippen LogP contribution in [0.25, 0.3) is 16.9 Å². The zero-order chi connectivity index (χ0) is 20.8. The summed E-state index contributed by atoms with van der Waals surface area (Å²) in [5, 5.41) is 23.9. The molecule has 0 spiro atoms. The van der Waals surface area contributed by atoms with Crippen molar-refractivity contribution in [1.29, 1.82) is 0 Å². The third-order valence-electron chi connectivity index (χ3n) is 4.59. The fourth-order valence-electron chi connectivity index (χ4n) is 3.16. The predicted molar refractivity (Wildman–Crippen MR) is 108 cm³/mol. The van der Waals surface area contributed by atoms with E-state index >= 15 is 0 Å². The van der Waals surface area contributed by atoms with Crippen LogP contribution in [0.2, 0.25) is 0 Å². The minimum Gasteiger partial charge on any atom is -0.508 e. The number of benzene rings is 1. The number of carbonyl (C=O) groups excluding carboxylic acids is 1. The first-order chi connectivity index (χ1) is 13.8. The maximum atomic E-state index is 13.0. The molecule has 2 heterocycles. The standard InChI is InChI=1S/C21H24N4O4/c1-21(2,3)29-20(28)24(15-7-8-15)18-10-17(13-5-4-6-16(27)9-13)23-19-14(12-26)11-22-25(18)19/h4-6,9-11,15,26-27H,7-8,12H2,1-3H3. The molecule has 1 saturated carbocycles. The number of anilines is 1. The summed E-state index contributed by atoms with van der Waals surface area (Å²) in [6.07, 6.45) is 2.84. The average molecular weight is 396 g/mol. The van der Waals surface area contributed by atoms with Gasteiger partial charge in [-0.2, -0.15) is 9.61 Å². The van der Waals surface area contributed by atoms with E-state index in [4.69, 9.17) is 4.74 Å². The smallest absolute Gasteiger partial charge is 0.416 e. The van der Waals surface area contributed by atoms with Crippen molar-refractivity contribution in [3.63, 3.8) is 0 Å². The van der Waals surface area contributed by atoms with E-state index in [2.05, 4.69) is 10.1 Å². The molecule has 0 bridgehead atoms. The zero-order valence-corrected chi connectivity index (χ0v) is 16.7. The molecule has 152 valence electrons. The quantitative estimate of drug-likeness (QED) is 0.700. The largest absolute Gasteiger partial charge is 0.508 e. The molecule has 1 amide bonds. The van der Waals surface area contributed by atoms with E-state index in [1.807, 2.05) is 26.8 Å². The van der Waals surface area contributed by atoms with Gasteiger partial charge in [0, 0.05) is 23.2 Å².